The number of carbonyl (C=O) groups is 2. The van der Waals surface area contributed by atoms with Gasteiger partial charge in [0.05, 0.1) is 0 Å². The Balaban J connectivity index is 1.34. The fraction of sp³-hybridized carbons (Fsp3) is 0.304. The molecule has 0 unspecified atom stereocenters. The second-order valence-corrected chi connectivity index (χ2v) is 7.59. The van der Waals surface area contributed by atoms with Crippen LogP contribution in [0.4, 0.5) is 0 Å². The summed E-state index contributed by atoms with van der Waals surface area (Å²) in [5, 5.41) is 4.17. The van der Waals surface area contributed by atoms with E-state index in [1.807, 2.05) is 54.7 Å². The lowest BCUT2D eigenvalue weighted by atomic mass is 10.0. The van der Waals surface area contributed by atoms with Crippen LogP contribution >= 0.6 is 0 Å². The molecule has 1 aliphatic carbocycles. The van der Waals surface area contributed by atoms with Crippen LogP contribution in [-0.2, 0) is 22.6 Å². The molecule has 1 aliphatic rings. The smallest absolute Gasteiger partial charge is 0.238 e. The number of rotatable bonds is 7. The second kappa shape index (κ2) is 7.50. The normalized spacial score (nSPS) is 14.6. The van der Waals surface area contributed by atoms with Gasteiger partial charge >= 0.3 is 0 Å². The highest BCUT2D eigenvalue weighted by molar-refractivity contribution is 6.07. The molecule has 144 valence electrons. The van der Waals surface area contributed by atoms with Gasteiger partial charge in [-0.15, -0.1) is 0 Å². The van der Waals surface area contributed by atoms with Crippen molar-refractivity contribution in [2.24, 2.45) is 5.41 Å². The van der Waals surface area contributed by atoms with Crippen LogP contribution in [0.1, 0.15) is 24.0 Å². The van der Waals surface area contributed by atoms with E-state index in [2.05, 4.69) is 16.4 Å². The third-order valence-electron chi connectivity index (χ3n) is 5.56. The van der Waals surface area contributed by atoms with Crippen molar-refractivity contribution in [2.75, 3.05) is 13.6 Å². The highest BCUT2D eigenvalue weighted by Crippen LogP contribution is 2.47. The van der Waals surface area contributed by atoms with Crippen molar-refractivity contribution >= 4 is 22.7 Å². The Bertz CT molecular complexity index is 989. The molecule has 0 saturated heterocycles. The summed E-state index contributed by atoms with van der Waals surface area (Å²) in [7, 11) is 1.77. The van der Waals surface area contributed by atoms with E-state index in [-0.39, 0.29) is 11.8 Å². The summed E-state index contributed by atoms with van der Waals surface area (Å²) in [6, 6.07) is 18.0. The fourth-order valence-electron chi connectivity index (χ4n) is 3.78. The summed E-state index contributed by atoms with van der Waals surface area (Å²) in [6.07, 6.45) is 3.98. The van der Waals surface area contributed by atoms with Crippen molar-refractivity contribution < 1.29 is 9.59 Å². The number of aromatic nitrogens is 1. The molecule has 0 aliphatic heterocycles. The van der Waals surface area contributed by atoms with Crippen LogP contribution in [0, 0.1) is 5.41 Å². The minimum atomic E-state index is -0.871. The molecule has 5 nitrogen and oxygen atoms in total. The van der Waals surface area contributed by atoms with Crippen molar-refractivity contribution in [3.63, 3.8) is 0 Å². The molecule has 1 heterocycles. The lowest BCUT2D eigenvalue weighted by Crippen LogP contribution is -2.44. The van der Waals surface area contributed by atoms with Gasteiger partial charge in [0.1, 0.15) is 5.41 Å². The minimum absolute atomic E-state index is 0.0825. The first-order chi connectivity index (χ1) is 13.6. The number of carbonyl (C=O) groups excluding carboxylic acids is 2. The molecule has 0 bridgehead atoms. The van der Waals surface area contributed by atoms with Gasteiger partial charge in [0.2, 0.25) is 11.8 Å². The van der Waals surface area contributed by atoms with E-state index >= 15 is 0 Å². The summed E-state index contributed by atoms with van der Waals surface area (Å²) in [5.74, 6) is -0.224. The van der Waals surface area contributed by atoms with Gasteiger partial charge in [0.25, 0.3) is 0 Å². The van der Waals surface area contributed by atoms with E-state index in [0.717, 1.165) is 17.5 Å². The summed E-state index contributed by atoms with van der Waals surface area (Å²) >= 11 is 0. The Kier molecular flexibility index (Phi) is 4.90. The molecule has 28 heavy (non-hydrogen) atoms. The number of nitrogens with one attached hydrogen (secondary N) is 2. The summed E-state index contributed by atoms with van der Waals surface area (Å²) < 4.78 is 0. The monoisotopic (exact) mass is 375 g/mol. The Morgan fingerprint density at radius 3 is 2.54 bits per heavy atom. The molecule has 2 amide bonds. The number of hydrogen-bond donors (Lipinski definition) is 2. The molecule has 2 aromatic carbocycles. The third-order valence-corrected chi connectivity index (χ3v) is 5.56. The van der Waals surface area contributed by atoms with Gasteiger partial charge < -0.3 is 15.2 Å². The first-order valence-corrected chi connectivity index (χ1v) is 9.73. The van der Waals surface area contributed by atoms with E-state index in [1.165, 1.54) is 10.9 Å². The van der Waals surface area contributed by atoms with Crippen LogP contribution in [0.2, 0.25) is 0 Å². The first kappa shape index (κ1) is 18.3. The molecule has 1 saturated carbocycles. The number of nitrogens with zero attached hydrogens (tertiary/aromatic N) is 1. The van der Waals surface area contributed by atoms with Crippen LogP contribution in [0.15, 0.2) is 60.8 Å². The average Bonchev–Trinajstić information content (AvgIpc) is 3.44. The van der Waals surface area contributed by atoms with Crippen molar-refractivity contribution in [3.8, 4) is 0 Å². The van der Waals surface area contributed by atoms with Crippen molar-refractivity contribution in [1.82, 2.24) is 15.2 Å². The van der Waals surface area contributed by atoms with Gasteiger partial charge in [0, 0.05) is 37.2 Å². The quantitative estimate of drug-likeness (QED) is 0.623. The minimum Gasteiger partial charge on any atom is -0.361 e. The molecule has 2 N–H and O–H groups in total. The summed E-state index contributed by atoms with van der Waals surface area (Å²) in [4.78, 5) is 30.6. The zero-order valence-corrected chi connectivity index (χ0v) is 16.1. The molecule has 1 fully saturated rings. The van der Waals surface area contributed by atoms with Gasteiger partial charge in [-0.3, -0.25) is 9.59 Å². The average molecular weight is 375 g/mol. The number of fused-ring (bicyclic) bond motifs is 1. The van der Waals surface area contributed by atoms with Gasteiger partial charge in [0.15, 0.2) is 0 Å². The Morgan fingerprint density at radius 1 is 1.07 bits per heavy atom. The zero-order chi connectivity index (χ0) is 19.6. The molecule has 1 aromatic heterocycles. The van der Waals surface area contributed by atoms with Gasteiger partial charge in [-0.1, -0.05) is 48.5 Å². The van der Waals surface area contributed by atoms with Crippen molar-refractivity contribution in [3.05, 3.63) is 71.9 Å². The number of amides is 2. The standard InChI is InChI=1S/C23H25N3O2/c1-26(16-17-7-3-2-4-8-17)22(28)23(12-13-23)21(27)24-14-11-18-15-25-20-10-6-5-9-19(18)20/h2-10,15,25H,11-14,16H2,1H3,(H,24,27). The maximum absolute atomic E-state index is 12.9. The number of benzene rings is 2. The first-order valence-electron chi connectivity index (χ1n) is 9.73. The van der Waals surface area contributed by atoms with Gasteiger partial charge in [-0.2, -0.15) is 0 Å². The highest BCUT2D eigenvalue weighted by atomic mass is 16.2. The summed E-state index contributed by atoms with van der Waals surface area (Å²) in [5.41, 5.74) is 2.46. The zero-order valence-electron chi connectivity index (χ0n) is 16.1. The van der Waals surface area contributed by atoms with Gasteiger partial charge in [-0.05, 0) is 36.5 Å². The fourth-order valence-corrected chi connectivity index (χ4v) is 3.78. The van der Waals surface area contributed by atoms with E-state index in [1.54, 1.807) is 11.9 Å². The maximum atomic E-state index is 12.9. The topological polar surface area (TPSA) is 65.2 Å². The number of para-hydroxylation sites is 1. The predicted molar refractivity (Wildman–Crippen MR) is 110 cm³/mol. The van der Waals surface area contributed by atoms with Crippen LogP contribution in [0.3, 0.4) is 0 Å². The van der Waals surface area contributed by atoms with Crippen LogP contribution in [0.25, 0.3) is 10.9 Å². The van der Waals surface area contributed by atoms with E-state index < -0.39 is 5.41 Å². The molecule has 0 atom stereocenters. The third kappa shape index (κ3) is 3.52. The van der Waals surface area contributed by atoms with E-state index in [0.29, 0.717) is 25.9 Å². The lowest BCUT2D eigenvalue weighted by Gasteiger charge is -2.23. The Hall–Kier alpha value is -3.08. The highest BCUT2D eigenvalue weighted by Gasteiger charge is 2.57. The van der Waals surface area contributed by atoms with Crippen molar-refractivity contribution in [2.45, 2.75) is 25.8 Å². The second-order valence-electron chi connectivity index (χ2n) is 7.59. The number of aromatic amines is 1. The largest absolute Gasteiger partial charge is 0.361 e. The number of hydrogen-bond acceptors (Lipinski definition) is 2. The molecule has 3 aromatic rings. The predicted octanol–water partition coefficient (Wildman–Crippen LogP) is 3.27. The van der Waals surface area contributed by atoms with Gasteiger partial charge in [-0.25, -0.2) is 0 Å². The van der Waals surface area contributed by atoms with Crippen LogP contribution < -0.4 is 5.32 Å². The van der Waals surface area contributed by atoms with Crippen LogP contribution in [0.5, 0.6) is 0 Å². The summed E-state index contributed by atoms with van der Waals surface area (Å²) in [6.45, 7) is 1.04. The Morgan fingerprint density at radius 2 is 1.79 bits per heavy atom. The van der Waals surface area contributed by atoms with E-state index in [4.69, 9.17) is 0 Å². The molecule has 0 spiro atoms. The molecule has 5 heteroatoms. The van der Waals surface area contributed by atoms with E-state index in [9.17, 15) is 9.59 Å². The molecule has 4 rings (SSSR count). The number of H-pyrrole nitrogens is 1. The van der Waals surface area contributed by atoms with Crippen molar-refractivity contribution in [1.29, 1.82) is 0 Å². The lowest BCUT2D eigenvalue weighted by molar-refractivity contribution is -0.143. The molecular formula is C23H25N3O2. The molecular weight excluding hydrogens is 350 g/mol. The maximum Gasteiger partial charge on any atom is 0.238 e. The SMILES string of the molecule is CN(Cc1ccccc1)C(=O)C1(C(=O)NCCc2c[nH]c3ccccc23)CC1. The van der Waals surface area contributed by atoms with Crippen LogP contribution in [-0.4, -0.2) is 35.3 Å². The Labute approximate surface area is 164 Å². The molecule has 0 radical (unpaired) electrons.